The van der Waals surface area contributed by atoms with E-state index in [0.717, 1.165) is 11.3 Å². The fourth-order valence-electron chi connectivity index (χ4n) is 3.20. The quantitative estimate of drug-likeness (QED) is 0.744. The first-order valence-corrected chi connectivity index (χ1v) is 8.64. The highest BCUT2D eigenvalue weighted by Crippen LogP contribution is 2.27. The number of hydrogen-bond donors (Lipinski definition) is 2. The van der Waals surface area contributed by atoms with Gasteiger partial charge >= 0.3 is 0 Å². The van der Waals surface area contributed by atoms with E-state index in [2.05, 4.69) is 16.0 Å². The van der Waals surface area contributed by atoms with Gasteiger partial charge in [-0.25, -0.2) is 4.98 Å². The van der Waals surface area contributed by atoms with Crippen LogP contribution in [0.5, 0.6) is 0 Å². The first-order chi connectivity index (χ1) is 13.1. The number of aliphatic hydroxyl groups is 1. The van der Waals surface area contributed by atoms with Crippen molar-refractivity contribution in [3.05, 3.63) is 59.4 Å². The first-order valence-electron chi connectivity index (χ1n) is 8.64. The largest absolute Gasteiger partial charge is 0.382 e. The maximum Gasteiger partial charge on any atom is 0.259 e. The average molecular weight is 362 g/mol. The van der Waals surface area contributed by atoms with Crippen molar-refractivity contribution in [3.8, 4) is 6.07 Å². The molecule has 1 amide bonds. The van der Waals surface area contributed by atoms with Crippen LogP contribution in [-0.2, 0) is 9.53 Å². The highest BCUT2D eigenvalue weighted by atomic mass is 16.5. The van der Waals surface area contributed by atoms with Gasteiger partial charge in [0.15, 0.2) is 6.10 Å². The Balaban J connectivity index is 1.61. The molecule has 7 nitrogen and oxygen atoms in total. The zero-order valence-corrected chi connectivity index (χ0v) is 14.7. The Morgan fingerprint density at radius 1 is 1.33 bits per heavy atom. The van der Waals surface area contributed by atoms with Gasteiger partial charge in [-0.1, -0.05) is 17.7 Å². The zero-order chi connectivity index (χ0) is 19.0. The SMILES string of the molecule is Cc1ccc(N2CCO[C@H]([C@@H](O)c3nc4ccc(C#N)cc4[nH]3)C2=O)cc1. The number of carbonyl (C=O) groups excluding carboxylic acids is 1. The van der Waals surface area contributed by atoms with Crippen LogP contribution in [0.15, 0.2) is 42.5 Å². The van der Waals surface area contributed by atoms with Crippen molar-refractivity contribution in [3.63, 3.8) is 0 Å². The minimum Gasteiger partial charge on any atom is -0.382 e. The van der Waals surface area contributed by atoms with Crippen molar-refractivity contribution in [2.24, 2.45) is 0 Å². The van der Waals surface area contributed by atoms with Gasteiger partial charge in [-0.2, -0.15) is 5.26 Å². The van der Waals surface area contributed by atoms with E-state index >= 15 is 0 Å². The number of rotatable bonds is 3. The first kappa shape index (κ1) is 17.2. The molecule has 7 heteroatoms. The predicted octanol–water partition coefficient (Wildman–Crippen LogP) is 2.21. The lowest BCUT2D eigenvalue weighted by Crippen LogP contribution is -2.50. The summed E-state index contributed by atoms with van der Waals surface area (Å²) in [6.45, 7) is 2.73. The number of imidazole rings is 1. The molecule has 0 bridgehead atoms. The molecule has 3 aromatic rings. The van der Waals surface area contributed by atoms with Gasteiger partial charge in [-0.3, -0.25) is 4.79 Å². The van der Waals surface area contributed by atoms with Crippen molar-refractivity contribution in [1.82, 2.24) is 9.97 Å². The molecule has 0 unspecified atom stereocenters. The molecule has 2 heterocycles. The van der Waals surface area contributed by atoms with Gasteiger partial charge in [0.1, 0.15) is 11.9 Å². The van der Waals surface area contributed by atoms with Crippen LogP contribution in [0.2, 0.25) is 0 Å². The lowest BCUT2D eigenvalue weighted by molar-refractivity contribution is -0.143. The molecule has 1 saturated heterocycles. The van der Waals surface area contributed by atoms with Crippen LogP contribution in [0.25, 0.3) is 11.0 Å². The molecule has 0 saturated carbocycles. The fraction of sp³-hybridized carbons (Fsp3) is 0.250. The number of anilines is 1. The van der Waals surface area contributed by atoms with Crippen molar-refractivity contribution in [2.75, 3.05) is 18.1 Å². The van der Waals surface area contributed by atoms with Gasteiger partial charge in [0.05, 0.1) is 29.3 Å². The Morgan fingerprint density at radius 3 is 2.85 bits per heavy atom. The normalized spacial score (nSPS) is 18.5. The number of amides is 1. The van der Waals surface area contributed by atoms with Crippen molar-refractivity contribution in [2.45, 2.75) is 19.1 Å². The van der Waals surface area contributed by atoms with Gasteiger partial charge in [0, 0.05) is 12.2 Å². The number of carbonyl (C=O) groups is 1. The van der Waals surface area contributed by atoms with Gasteiger partial charge in [-0.05, 0) is 37.3 Å². The monoisotopic (exact) mass is 362 g/mol. The zero-order valence-electron chi connectivity index (χ0n) is 14.7. The number of aryl methyl sites for hydroxylation is 1. The molecule has 2 N–H and O–H groups in total. The molecule has 0 spiro atoms. The number of aromatic nitrogens is 2. The summed E-state index contributed by atoms with van der Waals surface area (Å²) in [5, 5.41) is 19.7. The number of H-pyrrole nitrogens is 1. The summed E-state index contributed by atoms with van der Waals surface area (Å²) in [6.07, 6.45) is -2.28. The number of ether oxygens (including phenoxy) is 1. The van der Waals surface area contributed by atoms with E-state index in [9.17, 15) is 9.90 Å². The third-order valence-electron chi connectivity index (χ3n) is 4.66. The number of aromatic amines is 1. The van der Waals surface area contributed by atoms with E-state index in [1.807, 2.05) is 31.2 Å². The van der Waals surface area contributed by atoms with E-state index in [1.54, 1.807) is 23.1 Å². The molecule has 2 atom stereocenters. The van der Waals surface area contributed by atoms with Crippen molar-refractivity contribution in [1.29, 1.82) is 5.26 Å². The summed E-state index contributed by atoms with van der Waals surface area (Å²) < 4.78 is 5.57. The average Bonchev–Trinajstić information content (AvgIpc) is 3.11. The summed E-state index contributed by atoms with van der Waals surface area (Å²) in [6, 6.07) is 14.7. The Bertz CT molecular complexity index is 1040. The van der Waals surface area contributed by atoms with Crippen LogP contribution in [0, 0.1) is 18.3 Å². The van der Waals surface area contributed by atoms with Gasteiger partial charge < -0.3 is 19.7 Å². The van der Waals surface area contributed by atoms with E-state index in [4.69, 9.17) is 10.00 Å². The summed E-state index contributed by atoms with van der Waals surface area (Å²) in [7, 11) is 0. The maximum absolute atomic E-state index is 12.9. The molecule has 2 aromatic carbocycles. The number of nitrogens with zero attached hydrogens (tertiary/aromatic N) is 3. The second-order valence-corrected chi connectivity index (χ2v) is 6.53. The van der Waals surface area contributed by atoms with Crippen LogP contribution in [0.4, 0.5) is 5.69 Å². The Labute approximate surface area is 155 Å². The van der Waals surface area contributed by atoms with E-state index in [-0.39, 0.29) is 11.7 Å². The minimum absolute atomic E-state index is 0.240. The summed E-state index contributed by atoms with van der Waals surface area (Å²) in [5.74, 6) is -0.0695. The highest BCUT2D eigenvalue weighted by molar-refractivity contribution is 5.97. The van der Waals surface area contributed by atoms with Crippen LogP contribution in [0.3, 0.4) is 0 Å². The number of aliphatic hydroxyl groups excluding tert-OH is 1. The molecule has 1 aliphatic heterocycles. The second-order valence-electron chi connectivity index (χ2n) is 6.53. The number of fused-ring (bicyclic) bond motifs is 1. The maximum atomic E-state index is 12.9. The van der Waals surface area contributed by atoms with Gasteiger partial charge in [0.2, 0.25) is 0 Å². The molecule has 4 rings (SSSR count). The topological polar surface area (TPSA) is 102 Å². The lowest BCUT2D eigenvalue weighted by Gasteiger charge is -2.34. The van der Waals surface area contributed by atoms with Crippen LogP contribution in [-0.4, -0.2) is 40.2 Å². The van der Waals surface area contributed by atoms with Gasteiger partial charge in [0.25, 0.3) is 5.91 Å². The molecule has 1 aliphatic rings. The van der Waals surface area contributed by atoms with Crippen molar-refractivity contribution >= 4 is 22.6 Å². The van der Waals surface area contributed by atoms with Crippen LogP contribution >= 0.6 is 0 Å². The number of benzene rings is 2. The standard InChI is InChI=1S/C20H18N4O3/c1-12-2-5-14(6-3-12)24-8-9-27-18(20(24)26)17(25)19-22-15-7-4-13(11-21)10-16(15)23-19/h2-7,10,17-18,25H,8-9H2,1H3,(H,22,23)/t17-,18-/m1/s1. The summed E-state index contributed by atoms with van der Waals surface area (Å²) in [5.41, 5.74) is 3.61. The van der Waals surface area contributed by atoms with Crippen molar-refractivity contribution < 1.29 is 14.6 Å². The molecule has 27 heavy (non-hydrogen) atoms. The molecule has 1 aromatic heterocycles. The van der Waals surface area contributed by atoms with E-state index in [0.29, 0.717) is 29.7 Å². The minimum atomic E-state index is -1.23. The smallest absolute Gasteiger partial charge is 0.259 e. The third-order valence-corrected chi connectivity index (χ3v) is 4.66. The van der Waals surface area contributed by atoms with E-state index in [1.165, 1.54) is 0 Å². The van der Waals surface area contributed by atoms with Crippen LogP contribution in [0.1, 0.15) is 23.1 Å². The summed E-state index contributed by atoms with van der Waals surface area (Å²) >= 11 is 0. The molecule has 1 fully saturated rings. The fourth-order valence-corrected chi connectivity index (χ4v) is 3.20. The summed E-state index contributed by atoms with van der Waals surface area (Å²) in [4.78, 5) is 21.8. The van der Waals surface area contributed by atoms with Crippen LogP contribution < -0.4 is 4.90 Å². The number of hydrogen-bond acceptors (Lipinski definition) is 5. The Kier molecular flexibility index (Phi) is 4.36. The van der Waals surface area contributed by atoms with Gasteiger partial charge in [-0.15, -0.1) is 0 Å². The number of morpholine rings is 1. The number of nitrogens with one attached hydrogen (secondary N) is 1. The molecule has 136 valence electrons. The third kappa shape index (κ3) is 3.16. The Morgan fingerprint density at radius 2 is 2.11 bits per heavy atom. The lowest BCUT2D eigenvalue weighted by atomic mass is 10.1. The molecular weight excluding hydrogens is 344 g/mol. The second kappa shape index (κ2) is 6.83. The number of nitriles is 1. The van der Waals surface area contributed by atoms with E-state index < -0.39 is 12.2 Å². The Hall–Kier alpha value is -3.21. The molecule has 0 aliphatic carbocycles. The predicted molar refractivity (Wildman–Crippen MR) is 99.0 cm³/mol. The highest BCUT2D eigenvalue weighted by Gasteiger charge is 2.38. The molecular formula is C20H18N4O3. The molecule has 0 radical (unpaired) electrons.